The van der Waals surface area contributed by atoms with Crippen molar-refractivity contribution in [3.05, 3.63) is 74.8 Å². The van der Waals surface area contributed by atoms with Crippen LogP contribution in [0, 0.1) is 0 Å². The second-order valence-electron chi connectivity index (χ2n) is 6.93. The van der Waals surface area contributed by atoms with Crippen LogP contribution in [0.5, 0.6) is 0 Å². The Morgan fingerprint density at radius 1 is 1.10 bits per heavy atom. The third kappa shape index (κ3) is 3.93. The van der Waals surface area contributed by atoms with Gasteiger partial charge in [-0.1, -0.05) is 56.1 Å². The molecule has 2 atom stereocenters. The molecule has 1 N–H and O–H groups in total. The first-order valence-corrected chi connectivity index (χ1v) is 11.1. The van der Waals surface area contributed by atoms with E-state index >= 15 is 0 Å². The van der Waals surface area contributed by atoms with Crippen molar-refractivity contribution in [1.82, 2.24) is 15.1 Å². The summed E-state index contributed by atoms with van der Waals surface area (Å²) < 4.78 is 13.6. The normalized spacial score (nSPS) is 19.7. The van der Waals surface area contributed by atoms with Gasteiger partial charge in [0.2, 0.25) is 0 Å². The lowest BCUT2D eigenvalue weighted by Gasteiger charge is -2.19. The van der Waals surface area contributed by atoms with Crippen molar-refractivity contribution in [2.45, 2.75) is 18.6 Å². The largest absolute Gasteiger partial charge is 0.468 e. The minimum absolute atomic E-state index is 0.219. The molecule has 1 fully saturated rings. The number of carbonyl (C=O) groups is 2. The van der Waals surface area contributed by atoms with Crippen molar-refractivity contribution >= 4 is 43.8 Å². The minimum Gasteiger partial charge on any atom is -0.468 e. The Morgan fingerprint density at radius 2 is 1.71 bits per heavy atom. The molecular formula is C22H19Br2N3O4. The van der Waals surface area contributed by atoms with Crippen LogP contribution in [0.25, 0.3) is 11.3 Å². The van der Waals surface area contributed by atoms with Crippen LogP contribution in [0.3, 0.4) is 0 Å². The molecule has 0 saturated carbocycles. The number of aromatic nitrogens is 2. The molecule has 2 heterocycles. The maximum absolute atomic E-state index is 12.8. The number of ether oxygens (including phenoxy) is 2. The van der Waals surface area contributed by atoms with Crippen molar-refractivity contribution in [3.63, 3.8) is 0 Å². The summed E-state index contributed by atoms with van der Waals surface area (Å²) in [5, 5.41) is 7.92. The topological polar surface area (TPSA) is 92.4 Å². The zero-order valence-electron chi connectivity index (χ0n) is 16.8. The van der Waals surface area contributed by atoms with E-state index in [1.54, 1.807) is 13.0 Å². The number of nitrogens with one attached hydrogen (secondary N) is 1. The molecule has 1 aliphatic heterocycles. The van der Waals surface area contributed by atoms with Crippen LogP contribution in [0.4, 0.5) is 0 Å². The van der Waals surface area contributed by atoms with Gasteiger partial charge in [0.25, 0.3) is 0 Å². The van der Waals surface area contributed by atoms with Gasteiger partial charge in [0.1, 0.15) is 5.69 Å². The molecule has 0 unspecified atom stereocenters. The van der Waals surface area contributed by atoms with Gasteiger partial charge in [-0.25, -0.2) is 9.48 Å². The second kappa shape index (κ2) is 8.57. The molecule has 31 heavy (non-hydrogen) atoms. The monoisotopic (exact) mass is 547 g/mol. The Bertz CT molecular complexity index is 1130. The fraction of sp³-hybridized carbons (Fsp3) is 0.227. The molecule has 0 aliphatic carbocycles. The molecule has 1 saturated heterocycles. The number of methoxy groups -OCH3 is 1. The van der Waals surface area contributed by atoms with Gasteiger partial charge in [0, 0.05) is 14.5 Å². The Hall–Kier alpha value is -2.49. The van der Waals surface area contributed by atoms with Gasteiger partial charge in [-0.3, -0.25) is 10.1 Å². The number of hydrogen-bond donors (Lipinski definition) is 1. The summed E-state index contributed by atoms with van der Waals surface area (Å²) in [7, 11) is 1.33. The highest BCUT2D eigenvalue weighted by atomic mass is 79.9. The Labute approximate surface area is 196 Å². The third-order valence-corrected chi connectivity index (χ3v) is 6.15. The van der Waals surface area contributed by atoms with Crippen LogP contribution in [-0.4, -0.2) is 41.5 Å². The van der Waals surface area contributed by atoms with Crippen molar-refractivity contribution in [3.8, 4) is 11.3 Å². The molecule has 160 valence electrons. The number of carbonyl (C=O) groups excluding carboxylic acids is 2. The third-order valence-electron chi connectivity index (χ3n) is 5.09. The highest BCUT2D eigenvalue weighted by Gasteiger charge is 2.63. The Kier molecular flexibility index (Phi) is 6.00. The van der Waals surface area contributed by atoms with Gasteiger partial charge in [0.15, 0.2) is 11.7 Å². The Morgan fingerprint density at radius 3 is 2.29 bits per heavy atom. The van der Waals surface area contributed by atoms with Gasteiger partial charge in [0.05, 0.1) is 19.4 Å². The van der Waals surface area contributed by atoms with Gasteiger partial charge < -0.3 is 9.47 Å². The lowest BCUT2D eigenvalue weighted by Crippen LogP contribution is -2.32. The van der Waals surface area contributed by atoms with E-state index in [2.05, 4.69) is 37.2 Å². The van der Waals surface area contributed by atoms with Crippen LogP contribution in [0.2, 0.25) is 0 Å². The van der Waals surface area contributed by atoms with Crippen LogP contribution < -0.4 is 5.32 Å². The first kappa shape index (κ1) is 21.7. The van der Waals surface area contributed by atoms with Crippen LogP contribution >= 0.6 is 31.9 Å². The summed E-state index contributed by atoms with van der Waals surface area (Å²) >= 11 is 6.86. The lowest BCUT2D eigenvalue weighted by atomic mass is 10.0. The molecule has 1 aliphatic rings. The predicted octanol–water partition coefficient (Wildman–Crippen LogP) is 4.10. The number of nitrogens with zero attached hydrogens (tertiary/aromatic N) is 2. The highest BCUT2D eigenvalue weighted by molar-refractivity contribution is 9.10. The molecule has 3 aromatic rings. The van der Waals surface area contributed by atoms with E-state index in [0.29, 0.717) is 5.69 Å². The van der Waals surface area contributed by atoms with E-state index in [-0.39, 0.29) is 12.3 Å². The standard InChI is InChI=1S/C22H19Br2N3O4/c1-3-31-20(28)18-12-17(13-4-8-15(23)9-5-13)26-27(18)22(19(25-22)21(29)30-2)14-6-10-16(24)11-7-14/h4-12,19,25H,3H2,1-2H3/t19-,22-/m1/s1. The summed E-state index contributed by atoms with van der Waals surface area (Å²) in [6.07, 6.45) is 0. The number of halogens is 2. The zero-order chi connectivity index (χ0) is 22.2. The van der Waals surface area contributed by atoms with Crippen molar-refractivity contribution in [2.75, 3.05) is 13.7 Å². The summed E-state index contributed by atoms with van der Waals surface area (Å²) in [5.74, 6) is -0.967. The van der Waals surface area contributed by atoms with E-state index in [1.165, 1.54) is 11.8 Å². The summed E-state index contributed by atoms with van der Waals surface area (Å²) in [6, 6.07) is 16.0. The maximum atomic E-state index is 12.8. The quantitative estimate of drug-likeness (QED) is 0.368. The van der Waals surface area contributed by atoms with Gasteiger partial charge in [-0.2, -0.15) is 5.10 Å². The molecule has 2 aromatic carbocycles. The lowest BCUT2D eigenvalue weighted by molar-refractivity contribution is -0.140. The summed E-state index contributed by atoms with van der Waals surface area (Å²) in [6.45, 7) is 1.96. The second-order valence-corrected chi connectivity index (χ2v) is 8.76. The molecular weight excluding hydrogens is 530 g/mol. The van der Waals surface area contributed by atoms with Crippen molar-refractivity contribution in [1.29, 1.82) is 0 Å². The van der Waals surface area contributed by atoms with Gasteiger partial charge >= 0.3 is 11.9 Å². The summed E-state index contributed by atoms with van der Waals surface area (Å²) in [5.41, 5.74) is 1.35. The molecule has 0 radical (unpaired) electrons. The van der Waals surface area contributed by atoms with Crippen LogP contribution in [0.15, 0.2) is 63.5 Å². The number of benzene rings is 2. The molecule has 9 heteroatoms. The number of esters is 2. The van der Waals surface area contributed by atoms with E-state index in [0.717, 1.165) is 20.1 Å². The molecule has 7 nitrogen and oxygen atoms in total. The van der Waals surface area contributed by atoms with Crippen LogP contribution in [-0.2, 0) is 19.9 Å². The van der Waals surface area contributed by atoms with Crippen molar-refractivity contribution < 1.29 is 19.1 Å². The number of rotatable bonds is 6. The molecule has 0 spiro atoms. The van der Waals surface area contributed by atoms with Crippen LogP contribution in [0.1, 0.15) is 23.0 Å². The van der Waals surface area contributed by atoms with Gasteiger partial charge in [-0.05, 0) is 42.8 Å². The smallest absolute Gasteiger partial charge is 0.356 e. The minimum atomic E-state index is -1.07. The van der Waals surface area contributed by atoms with E-state index < -0.39 is 23.6 Å². The first-order chi connectivity index (χ1) is 14.9. The highest BCUT2D eigenvalue weighted by Crippen LogP contribution is 2.42. The van der Waals surface area contributed by atoms with Gasteiger partial charge in [-0.15, -0.1) is 0 Å². The predicted molar refractivity (Wildman–Crippen MR) is 121 cm³/mol. The number of hydrogen-bond acceptors (Lipinski definition) is 6. The molecule has 0 bridgehead atoms. The van der Waals surface area contributed by atoms with Crippen molar-refractivity contribution in [2.24, 2.45) is 0 Å². The molecule has 1 aromatic heterocycles. The average Bonchev–Trinajstić information content (AvgIpc) is 3.36. The fourth-order valence-corrected chi connectivity index (χ4v) is 4.08. The first-order valence-electron chi connectivity index (χ1n) is 9.56. The Balaban J connectivity index is 1.89. The molecule has 4 rings (SSSR count). The van der Waals surface area contributed by atoms with E-state index in [9.17, 15) is 9.59 Å². The summed E-state index contributed by atoms with van der Waals surface area (Å²) in [4.78, 5) is 25.3. The van der Waals surface area contributed by atoms with E-state index in [4.69, 9.17) is 14.6 Å². The zero-order valence-corrected chi connectivity index (χ0v) is 19.9. The maximum Gasteiger partial charge on any atom is 0.356 e. The average molecular weight is 549 g/mol. The van der Waals surface area contributed by atoms with E-state index in [1.807, 2.05) is 48.5 Å². The fourth-order valence-electron chi connectivity index (χ4n) is 3.55. The SMILES string of the molecule is CCOC(=O)c1cc(-c2ccc(Br)cc2)nn1[C@@]1(c2ccc(Br)cc2)N[C@@H]1C(=O)OC. The molecule has 0 amide bonds.